The van der Waals surface area contributed by atoms with Gasteiger partial charge < -0.3 is 15.1 Å². The lowest BCUT2D eigenvalue weighted by molar-refractivity contribution is 0.224. The average Bonchev–Trinajstić information content (AvgIpc) is 2.97. The van der Waals surface area contributed by atoms with Crippen LogP contribution in [0.5, 0.6) is 0 Å². The predicted molar refractivity (Wildman–Crippen MR) is 91.9 cm³/mol. The second kappa shape index (κ2) is 7.81. The van der Waals surface area contributed by atoms with Crippen molar-refractivity contribution < 1.29 is 0 Å². The zero-order chi connectivity index (χ0) is 15.2. The maximum Gasteiger partial charge on any atom is 0.0411 e. The Balaban J connectivity index is 1.94. The molecule has 1 fully saturated rings. The van der Waals surface area contributed by atoms with Gasteiger partial charge in [-0.1, -0.05) is 32.0 Å². The van der Waals surface area contributed by atoms with Crippen LogP contribution < -0.4 is 10.2 Å². The lowest BCUT2D eigenvalue weighted by atomic mass is 10.0. The van der Waals surface area contributed by atoms with E-state index < -0.39 is 0 Å². The highest BCUT2D eigenvalue weighted by Gasteiger charge is 2.17. The van der Waals surface area contributed by atoms with E-state index in [9.17, 15) is 0 Å². The van der Waals surface area contributed by atoms with Crippen LogP contribution in [0, 0.1) is 5.92 Å². The Morgan fingerprint density at radius 2 is 1.81 bits per heavy atom. The Morgan fingerprint density at radius 1 is 1.14 bits per heavy atom. The van der Waals surface area contributed by atoms with Crippen molar-refractivity contribution in [2.75, 3.05) is 38.6 Å². The molecule has 1 saturated heterocycles. The van der Waals surface area contributed by atoms with Crippen LogP contribution >= 0.6 is 0 Å². The highest BCUT2D eigenvalue weighted by atomic mass is 15.2. The number of hydrogen-bond acceptors (Lipinski definition) is 3. The Morgan fingerprint density at radius 3 is 2.43 bits per heavy atom. The molecule has 1 aromatic carbocycles. The van der Waals surface area contributed by atoms with Crippen LogP contribution in [0.2, 0.25) is 0 Å². The zero-order valence-electron chi connectivity index (χ0n) is 14.1. The van der Waals surface area contributed by atoms with Gasteiger partial charge in [-0.2, -0.15) is 0 Å². The lowest BCUT2D eigenvalue weighted by Gasteiger charge is -2.28. The second-order valence-electron chi connectivity index (χ2n) is 6.73. The van der Waals surface area contributed by atoms with Crippen molar-refractivity contribution in [3.8, 4) is 0 Å². The molecule has 0 bridgehead atoms. The molecule has 2 rings (SSSR count). The van der Waals surface area contributed by atoms with Crippen LogP contribution in [0.1, 0.15) is 32.3 Å². The number of nitrogens with one attached hydrogen (secondary N) is 1. The molecule has 1 atom stereocenters. The number of rotatable bonds is 7. The molecular formula is C18H31N3. The Bertz CT molecular complexity index is 414. The molecule has 3 heteroatoms. The van der Waals surface area contributed by atoms with Crippen LogP contribution in [0.3, 0.4) is 0 Å². The molecule has 1 heterocycles. The van der Waals surface area contributed by atoms with E-state index in [-0.39, 0.29) is 0 Å². The molecule has 1 aromatic rings. The van der Waals surface area contributed by atoms with Gasteiger partial charge in [-0.05, 0) is 44.5 Å². The minimum Gasteiger partial charge on any atom is -0.371 e. The first-order valence-corrected chi connectivity index (χ1v) is 8.29. The van der Waals surface area contributed by atoms with Crippen LogP contribution in [-0.4, -0.2) is 44.7 Å². The molecule has 1 unspecified atom stereocenters. The average molecular weight is 289 g/mol. The highest BCUT2D eigenvalue weighted by Crippen LogP contribution is 2.24. The third-order valence-corrected chi connectivity index (χ3v) is 4.54. The number of hydrogen-bond donors (Lipinski definition) is 1. The fraction of sp³-hybridized carbons (Fsp3) is 0.667. The largest absolute Gasteiger partial charge is 0.371 e. The Kier molecular flexibility index (Phi) is 6.07. The maximum atomic E-state index is 3.66. The summed E-state index contributed by atoms with van der Waals surface area (Å²) in [4.78, 5) is 4.85. The van der Waals surface area contributed by atoms with Crippen molar-refractivity contribution in [2.24, 2.45) is 5.92 Å². The van der Waals surface area contributed by atoms with E-state index in [1.807, 2.05) is 0 Å². The summed E-state index contributed by atoms with van der Waals surface area (Å²) in [5.41, 5.74) is 2.86. The van der Waals surface area contributed by atoms with E-state index in [0.717, 1.165) is 13.1 Å². The molecule has 0 aliphatic carbocycles. The van der Waals surface area contributed by atoms with Gasteiger partial charge in [-0.15, -0.1) is 0 Å². The summed E-state index contributed by atoms with van der Waals surface area (Å²) in [5, 5.41) is 3.66. The van der Waals surface area contributed by atoms with Crippen molar-refractivity contribution in [3.63, 3.8) is 0 Å². The summed E-state index contributed by atoms with van der Waals surface area (Å²) in [6.45, 7) is 9.02. The van der Waals surface area contributed by atoms with E-state index in [0.29, 0.717) is 12.0 Å². The topological polar surface area (TPSA) is 18.5 Å². The van der Waals surface area contributed by atoms with Gasteiger partial charge in [0.25, 0.3) is 0 Å². The first kappa shape index (κ1) is 16.3. The summed E-state index contributed by atoms with van der Waals surface area (Å²) in [5.74, 6) is 0.668. The first-order chi connectivity index (χ1) is 10.1. The molecule has 0 saturated carbocycles. The molecule has 1 aliphatic rings. The molecule has 0 radical (unpaired) electrons. The molecule has 118 valence electrons. The number of benzene rings is 1. The van der Waals surface area contributed by atoms with E-state index in [1.54, 1.807) is 0 Å². The van der Waals surface area contributed by atoms with Crippen molar-refractivity contribution in [1.82, 2.24) is 10.2 Å². The number of para-hydroxylation sites is 1. The number of anilines is 1. The van der Waals surface area contributed by atoms with Crippen molar-refractivity contribution >= 4 is 5.69 Å². The molecule has 1 aliphatic heterocycles. The van der Waals surface area contributed by atoms with Crippen molar-refractivity contribution in [1.29, 1.82) is 0 Å². The van der Waals surface area contributed by atoms with E-state index in [4.69, 9.17) is 0 Å². The third kappa shape index (κ3) is 4.45. The van der Waals surface area contributed by atoms with Gasteiger partial charge in [0.1, 0.15) is 0 Å². The van der Waals surface area contributed by atoms with Crippen LogP contribution in [-0.2, 0) is 6.54 Å². The van der Waals surface area contributed by atoms with Crippen LogP contribution in [0.4, 0.5) is 5.69 Å². The molecule has 0 aromatic heterocycles. The van der Waals surface area contributed by atoms with E-state index in [2.05, 4.69) is 67.3 Å². The summed E-state index contributed by atoms with van der Waals surface area (Å²) in [6.07, 6.45) is 2.66. The van der Waals surface area contributed by atoms with Crippen molar-refractivity contribution in [2.45, 2.75) is 39.3 Å². The van der Waals surface area contributed by atoms with Crippen LogP contribution in [0.15, 0.2) is 24.3 Å². The number of nitrogens with zero attached hydrogens (tertiary/aromatic N) is 2. The normalized spacial score (nSPS) is 17.0. The predicted octanol–water partition coefficient (Wildman–Crippen LogP) is 2.96. The maximum absolute atomic E-state index is 3.66. The molecule has 21 heavy (non-hydrogen) atoms. The summed E-state index contributed by atoms with van der Waals surface area (Å²) in [6, 6.07) is 9.44. The zero-order valence-corrected chi connectivity index (χ0v) is 14.1. The fourth-order valence-corrected chi connectivity index (χ4v) is 3.30. The Labute approximate surface area is 130 Å². The molecule has 3 nitrogen and oxygen atoms in total. The lowest BCUT2D eigenvalue weighted by Crippen LogP contribution is -2.41. The number of likely N-dealkylation sites (N-methyl/N-ethyl adjacent to an activating group) is 1. The molecule has 1 N–H and O–H groups in total. The molecule has 0 amide bonds. The smallest absolute Gasteiger partial charge is 0.0411 e. The van der Waals surface area contributed by atoms with Crippen LogP contribution in [0.25, 0.3) is 0 Å². The molecule has 0 spiro atoms. The Hall–Kier alpha value is -1.06. The van der Waals surface area contributed by atoms with Gasteiger partial charge in [0.05, 0.1) is 0 Å². The minimum atomic E-state index is 0.587. The van der Waals surface area contributed by atoms with Gasteiger partial charge in [0.15, 0.2) is 0 Å². The fourth-order valence-electron chi connectivity index (χ4n) is 3.30. The van der Waals surface area contributed by atoms with E-state index >= 15 is 0 Å². The SMILES string of the molecule is CC(C)C(CNCc1ccccc1N1CCCC1)N(C)C. The van der Waals surface area contributed by atoms with Crippen molar-refractivity contribution in [3.05, 3.63) is 29.8 Å². The standard InChI is InChI=1S/C18H31N3/c1-15(2)18(20(3)4)14-19-13-16-9-5-6-10-17(16)21-11-7-8-12-21/h5-6,9-10,15,18-19H,7-8,11-14H2,1-4H3. The van der Waals surface area contributed by atoms with Gasteiger partial charge in [0.2, 0.25) is 0 Å². The van der Waals surface area contributed by atoms with Gasteiger partial charge >= 0.3 is 0 Å². The first-order valence-electron chi connectivity index (χ1n) is 8.29. The quantitative estimate of drug-likeness (QED) is 0.832. The van der Waals surface area contributed by atoms with E-state index in [1.165, 1.54) is 37.2 Å². The van der Waals surface area contributed by atoms with Gasteiger partial charge in [0, 0.05) is 37.9 Å². The van der Waals surface area contributed by atoms with Gasteiger partial charge in [-0.3, -0.25) is 0 Å². The third-order valence-electron chi connectivity index (χ3n) is 4.54. The summed E-state index contributed by atoms with van der Waals surface area (Å²) in [7, 11) is 4.34. The monoisotopic (exact) mass is 289 g/mol. The highest BCUT2D eigenvalue weighted by molar-refractivity contribution is 5.54. The second-order valence-corrected chi connectivity index (χ2v) is 6.73. The summed E-state index contributed by atoms with van der Waals surface area (Å²) >= 11 is 0. The summed E-state index contributed by atoms with van der Waals surface area (Å²) < 4.78 is 0. The molecular weight excluding hydrogens is 258 g/mol. The minimum absolute atomic E-state index is 0.587. The van der Waals surface area contributed by atoms with Gasteiger partial charge in [-0.25, -0.2) is 0 Å².